The fraction of sp³-hybridized carbons (Fsp3) is 0.111. The fourth-order valence-electron chi connectivity index (χ4n) is 1.36. The van der Waals surface area contributed by atoms with E-state index in [0.29, 0.717) is 16.6 Å². The number of rotatable bonds is 0. The van der Waals surface area contributed by atoms with Gasteiger partial charge in [0, 0.05) is 0 Å². The molecule has 1 aromatic carbocycles. The van der Waals surface area contributed by atoms with Gasteiger partial charge in [-0.25, -0.2) is 4.98 Å². The average Bonchev–Trinajstić information content (AvgIpc) is 2.07. The van der Waals surface area contributed by atoms with E-state index in [9.17, 15) is 4.79 Å². The Hall–Kier alpha value is -1.84. The lowest BCUT2D eigenvalue weighted by Crippen LogP contribution is -2.07. The lowest BCUT2D eigenvalue weighted by molar-refractivity contribution is 1.17. The summed E-state index contributed by atoms with van der Waals surface area (Å²) in [5.41, 5.74) is 7.63. The van der Waals surface area contributed by atoms with Crippen molar-refractivity contribution in [2.75, 3.05) is 5.73 Å². The molecule has 2 rings (SSSR count). The minimum absolute atomic E-state index is 0.152. The molecule has 1 heterocycles. The van der Waals surface area contributed by atoms with Crippen molar-refractivity contribution in [2.45, 2.75) is 6.92 Å². The van der Waals surface area contributed by atoms with Crippen LogP contribution >= 0.6 is 0 Å². The van der Waals surface area contributed by atoms with Gasteiger partial charge in [0.2, 0.25) is 0 Å². The maximum atomic E-state index is 11.3. The van der Waals surface area contributed by atoms with Gasteiger partial charge in [-0.2, -0.15) is 0 Å². The predicted octanol–water partition coefficient (Wildman–Crippen LogP) is 0.814. The molecule has 0 amide bonds. The first-order valence-corrected chi connectivity index (χ1v) is 3.92. The van der Waals surface area contributed by atoms with Crippen molar-refractivity contribution < 1.29 is 0 Å². The molecular formula is C9H9N3O. The maximum Gasteiger partial charge on any atom is 0.258 e. The summed E-state index contributed by atoms with van der Waals surface area (Å²) in [4.78, 5) is 17.8. The highest BCUT2D eigenvalue weighted by Gasteiger charge is 2.02. The van der Waals surface area contributed by atoms with Crippen LogP contribution < -0.4 is 11.3 Å². The van der Waals surface area contributed by atoms with E-state index >= 15 is 0 Å². The van der Waals surface area contributed by atoms with Crippen LogP contribution in [0.5, 0.6) is 0 Å². The topological polar surface area (TPSA) is 71.8 Å². The minimum atomic E-state index is -0.152. The van der Waals surface area contributed by atoms with Gasteiger partial charge in [-0.1, -0.05) is 0 Å². The Kier molecular flexibility index (Phi) is 1.55. The van der Waals surface area contributed by atoms with Crippen LogP contribution in [0.3, 0.4) is 0 Å². The molecule has 0 aliphatic carbocycles. The molecule has 0 bridgehead atoms. The lowest BCUT2D eigenvalue weighted by Gasteiger charge is -2.00. The Morgan fingerprint density at radius 3 is 3.00 bits per heavy atom. The molecule has 0 unspecified atom stereocenters. The Bertz CT molecular complexity index is 516. The highest BCUT2D eigenvalue weighted by molar-refractivity contribution is 5.88. The van der Waals surface area contributed by atoms with Crippen molar-refractivity contribution in [2.24, 2.45) is 0 Å². The summed E-state index contributed by atoms with van der Waals surface area (Å²) >= 11 is 0. The molecule has 0 saturated carbocycles. The first-order valence-electron chi connectivity index (χ1n) is 3.92. The van der Waals surface area contributed by atoms with Crippen molar-refractivity contribution in [3.63, 3.8) is 0 Å². The second kappa shape index (κ2) is 2.58. The average molecular weight is 175 g/mol. The van der Waals surface area contributed by atoms with Crippen LogP contribution in [-0.4, -0.2) is 9.97 Å². The smallest absolute Gasteiger partial charge is 0.258 e. The van der Waals surface area contributed by atoms with E-state index in [0.717, 1.165) is 5.56 Å². The quantitative estimate of drug-likeness (QED) is 0.582. The van der Waals surface area contributed by atoms with Gasteiger partial charge in [0.25, 0.3) is 5.56 Å². The normalized spacial score (nSPS) is 10.5. The van der Waals surface area contributed by atoms with E-state index in [1.54, 1.807) is 12.1 Å². The van der Waals surface area contributed by atoms with Gasteiger partial charge >= 0.3 is 0 Å². The molecular weight excluding hydrogens is 166 g/mol. The molecule has 0 spiro atoms. The number of anilines is 1. The van der Waals surface area contributed by atoms with Gasteiger partial charge in [0.05, 0.1) is 17.4 Å². The van der Waals surface area contributed by atoms with Crippen LogP contribution in [0.2, 0.25) is 0 Å². The number of fused-ring (bicyclic) bond motifs is 1. The third-order valence-electron chi connectivity index (χ3n) is 1.92. The minimum Gasteiger partial charge on any atom is -0.397 e. The maximum absolute atomic E-state index is 11.3. The molecule has 0 atom stereocenters. The zero-order chi connectivity index (χ0) is 9.42. The van der Waals surface area contributed by atoms with E-state index in [1.807, 2.05) is 6.92 Å². The molecule has 0 radical (unpaired) electrons. The molecule has 4 nitrogen and oxygen atoms in total. The summed E-state index contributed by atoms with van der Waals surface area (Å²) in [7, 11) is 0. The fourth-order valence-corrected chi connectivity index (χ4v) is 1.36. The van der Waals surface area contributed by atoms with E-state index in [2.05, 4.69) is 9.97 Å². The SMILES string of the molecule is Cc1cc(N)c2nc[nH]c(=O)c2c1. The first-order chi connectivity index (χ1) is 6.18. The van der Waals surface area contributed by atoms with Crippen molar-refractivity contribution in [3.8, 4) is 0 Å². The van der Waals surface area contributed by atoms with Crippen molar-refractivity contribution in [1.82, 2.24) is 9.97 Å². The van der Waals surface area contributed by atoms with Gasteiger partial charge in [0.1, 0.15) is 5.52 Å². The highest BCUT2D eigenvalue weighted by Crippen LogP contribution is 2.16. The first kappa shape index (κ1) is 7.79. The Labute approximate surface area is 74.4 Å². The van der Waals surface area contributed by atoms with Gasteiger partial charge < -0.3 is 10.7 Å². The molecule has 4 heteroatoms. The van der Waals surface area contributed by atoms with Crippen LogP contribution in [0.4, 0.5) is 5.69 Å². The number of H-pyrrole nitrogens is 1. The van der Waals surface area contributed by atoms with Crippen LogP contribution in [-0.2, 0) is 0 Å². The standard InChI is InChI=1S/C9H9N3O/c1-5-2-6-8(7(10)3-5)11-4-12-9(6)13/h2-4H,10H2,1H3,(H,11,12,13). The van der Waals surface area contributed by atoms with Gasteiger partial charge in [-0.3, -0.25) is 4.79 Å². The summed E-state index contributed by atoms with van der Waals surface area (Å²) in [6.07, 6.45) is 1.36. The third-order valence-corrected chi connectivity index (χ3v) is 1.92. The molecule has 0 saturated heterocycles. The number of nitrogens with zero attached hydrogens (tertiary/aromatic N) is 1. The number of hydrogen-bond acceptors (Lipinski definition) is 3. The number of aromatic amines is 1. The predicted molar refractivity (Wildman–Crippen MR) is 51.5 cm³/mol. The number of aromatic nitrogens is 2. The Balaban J connectivity index is 3.03. The van der Waals surface area contributed by atoms with Gasteiger partial charge in [0.15, 0.2) is 0 Å². The molecule has 0 fully saturated rings. The molecule has 2 aromatic rings. The number of nitrogens with two attached hydrogens (primary N) is 1. The summed E-state index contributed by atoms with van der Waals surface area (Å²) in [6.45, 7) is 1.89. The number of hydrogen-bond donors (Lipinski definition) is 2. The Morgan fingerprint density at radius 2 is 2.23 bits per heavy atom. The molecule has 0 aliphatic heterocycles. The van der Waals surface area contributed by atoms with E-state index in [-0.39, 0.29) is 5.56 Å². The molecule has 1 aromatic heterocycles. The number of nitrogen functional groups attached to an aromatic ring is 1. The van der Waals surface area contributed by atoms with Gasteiger partial charge in [-0.15, -0.1) is 0 Å². The highest BCUT2D eigenvalue weighted by atomic mass is 16.1. The summed E-state index contributed by atoms with van der Waals surface area (Å²) < 4.78 is 0. The van der Waals surface area contributed by atoms with Gasteiger partial charge in [-0.05, 0) is 24.6 Å². The summed E-state index contributed by atoms with van der Waals surface area (Å²) in [5.74, 6) is 0. The second-order valence-electron chi connectivity index (χ2n) is 2.98. The monoisotopic (exact) mass is 175 g/mol. The molecule has 66 valence electrons. The van der Waals surface area contributed by atoms with Crippen LogP contribution in [0.1, 0.15) is 5.56 Å². The van der Waals surface area contributed by atoms with Crippen molar-refractivity contribution in [1.29, 1.82) is 0 Å². The number of aryl methyl sites for hydroxylation is 1. The molecule has 0 aliphatic rings. The Morgan fingerprint density at radius 1 is 1.46 bits per heavy atom. The van der Waals surface area contributed by atoms with Crippen LogP contribution in [0, 0.1) is 6.92 Å². The lowest BCUT2D eigenvalue weighted by atomic mass is 10.1. The van der Waals surface area contributed by atoms with Crippen molar-refractivity contribution >= 4 is 16.6 Å². The zero-order valence-electron chi connectivity index (χ0n) is 7.16. The molecule has 13 heavy (non-hydrogen) atoms. The number of nitrogens with one attached hydrogen (secondary N) is 1. The largest absolute Gasteiger partial charge is 0.397 e. The van der Waals surface area contributed by atoms with E-state index < -0.39 is 0 Å². The zero-order valence-corrected chi connectivity index (χ0v) is 7.16. The van der Waals surface area contributed by atoms with E-state index in [1.165, 1.54) is 6.33 Å². The molecule has 3 N–H and O–H groups in total. The summed E-state index contributed by atoms with van der Waals surface area (Å²) in [5, 5.41) is 0.542. The van der Waals surface area contributed by atoms with Crippen LogP contribution in [0.15, 0.2) is 23.3 Å². The second-order valence-corrected chi connectivity index (χ2v) is 2.98. The van der Waals surface area contributed by atoms with Crippen molar-refractivity contribution in [3.05, 3.63) is 34.4 Å². The number of benzene rings is 1. The van der Waals surface area contributed by atoms with Crippen LogP contribution in [0.25, 0.3) is 10.9 Å². The summed E-state index contributed by atoms with van der Waals surface area (Å²) in [6, 6.07) is 3.58. The van der Waals surface area contributed by atoms with E-state index in [4.69, 9.17) is 5.73 Å². The third kappa shape index (κ3) is 1.16.